The molecule has 0 aliphatic rings. The van der Waals surface area contributed by atoms with Crippen LogP contribution in [0.2, 0.25) is 0 Å². The Morgan fingerprint density at radius 3 is 0.713 bits per heavy atom. The van der Waals surface area contributed by atoms with Crippen LogP contribution in [0.3, 0.4) is 0 Å². The number of unbranched alkanes of at least 4 members (excludes halogenated alkanes) is 47. The molecular formula is C74H136O6. The molecule has 80 heavy (non-hydrogen) atoms. The van der Waals surface area contributed by atoms with Gasteiger partial charge in [0.25, 0.3) is 0 Å². The Bertz CT molecular complexity index is 1380. The fraction of sp³-hybridized carbons (Fsp3) is 0.851. The molecule has 0 N–H and O–H groups in total. The van der Waals surface area contributed by atoms with Crippen molar-refractivity contribution in [3.63, 3.8) is 0 Å². The Morgan fingerprint density at radius 1 is 0.250 bits per heavy atom. The highest BCUT2D eigenvalue weighted by Crippen LogP contribution is 2.18. The highest BCUT2D eigenvalue weighted by atomic mass is 16.6. The van der Waals surface area contributed by atoms with E-state index in [0.29, 0.717) is 19.3 Å². The van der Waals surface area contributed by atoms with Crippen LogP contribution < -0.4 is 0 Å². The molecule has 1 unspecified atom stereocenters. The Balaban J connectivity index is 4.31. The fourth-order valence-electron chi connectivity index (χ4n) is 10.7. The highest BCUT2D eigenvalue weighted by molar-refractivity contribution is 5.71. The second kappa shape index (κ2) is 68.9. The predicted octanol–water partition coefficient (Wildman–Crippen LogP) is 24.5. The third-order valence-electron chi connectivity index (χ3n) is 16.1. The summed E-state index contributed by atoms with van der Waals surface area (Å²) in [6.45, 7) is 6.66. The second-order valence-electron chi connectivity index (χ2n) is 24.1. The van der Waals surface area contributed by atoms with Crippen molar-refractivity contribution in [2.75, 3.05) is 13.2 Å². The van der Waals surface area contributed by atoms with E-state index in [0.717, 1.165) is 70.6 Å². The number of hydrogen-bond acceptors (Lipinski definition) is 6. The van der Waals surface area contributed by atoms with E-state index in [1.54, 1.807) is 0 Å². The van der Waals surface area contributed by atoms with Gasteiger partial charge in [-0.2, -0.15) is 0 Å². The molecule has 0 saturated carbocycles. The topological polar surface area (TPSA) is 78.9 Å². The largest absolute Gasteiger partial charge is 0.462 e. The zero-order valence-corrected chi connectivity index (χ0v) is 53.9. The molecule has 0 bridgehead atoms. The van der Waals surface area contributed by atoms with E-state index in [1.807, 2.05) is 0 Å². The number of allylic oxidation sites excluding steroid dienone is 8. The number of hydrogen-bond donors (Lipinski definition) is 0. The Kier molecular flexibility index (Phi) is 66.6. The maximum Gasteiger partial charge on any atom is 0.306 e. The highest BCUT2D eigenvalue weighted by Gasteiger charge is 2.19. The summed E-state index contributed by atoms with van der Waals surface area (Å²) in [5, 5.41) is 0. The smallest absolute Gasteiger partial charge is 0.306 e. The molecule has 468 valence electrons. The van der Waals surface area contributed by atoms with Gasteiger partial charge in [-0.15, -0.1) is 0 Å². The Morgan fingerprint density at radius 2 is 0.450 bits per heavy atom. The van der Waals surface area contributed by atoms with E-state index >= 15 is 0 Å². The molecule has 0 spiro atoms. The van der Waals surface area contributed by atoms with Gasteiger partial charge in [-0.25, -0.2) is 0 Å². The zero-order chi connectivity index (χ0) is 57.8. The molecule has 0 aliphatic heterocycles. The molecule has 0 aliphatic carbocycles. The summed E-state index contributed by atoms with van der Waals surface area (Å²) in [6, 6.07) is 0. The summed E-state index contributed by atoms with van der Waals surface area (Å²) >= 11 is 0. The van der Waals surface area contributed by atoms with Gasteiger partial charge < -0.3 is 14.2 Å². The first-order valence-corrected chi connectivity index (χ1v) is 35.6. The minimum absolute atomic E-state index is 0.0718. The van der Waals surface area contributed by atoms with Crippen LogP contribution in [0.15, 0.2) is 48.6 Å². The van der Waals surface area contributed by atoms with Crippen molar-refractivity contribution in [2.24, 2.45) is 0 Å². The molecule has 0 radical (unpaired) electrons. The van der Waals surface area contributed by atoms with Gasteiger partial charge in [-0.1, -0.05) is 333 Å². The molecule has 0 saturated heterocycles. The number of carbonyl (C=O) groups is 3. The maximum atomic E-state index is 13.0. The lowest BCUT2D eigenvalue weighted by molar-refractivity contribution is -0.167. The lowest BCUT2D eigenvalue weighted by Crippen LogP contribution is -2.30. The lowest BCUT2D eigenvalue weighted by Gasteiger charge is -2.18. The van der Waals surface area contributed by atoms with Gasteiger partial charge in [0.1, 0.15) is 13.2 Å². The van der Waals surface area contributed by atoms with Crippen LogP contribution in [0.5, 0.6) is 0 Å². The van der Waals surface area contributed by atoms with Gasteiger partial charge in [0.05, 0.1) is 0 Å². The van der Waals surface area contributed by atoms with E-state index in [1.165, 1.54) is 276 Å². The van der Waals surface area contributed by atoms with E-state index in [9.17, 15) is 14.4 Å². The third-order valence-corrected chi connectivity index (χ3v) is 16.1. The van der Waals surface area contributed by atoms with Crippen molar-refractivity contribution in [1.82, 2.24) is 0 Å². The van der Waals surface area contributed by atoms with Gasteiger partial charge in [-0.05, 0) is 83.5 Å². The molecule has 0 amide bonds. The van der Waals surface area contributed by atoms with Crippen LogP contribution in [0, 0.1) is 0 Å². The van der Waals surface area contributed by atoms with Gasteiger partial charge in [0.2, 0.25) is 0 Å². The average Bonchev–Trinajstić information content (AvgIpc) is 3.46. The first-order valence-electron chi connectivity index (χ1n) is 35.6. The molecule has 0 rings (SSSR count). The van der Waals surface area contributed by atoms with Crippen molar-refractivity contribution in [3.8, 4) is 0 Å². The summed E-state index contributed by atoms with van der Waals surface area (Å²) in [7, 11) is 0. The Hall–Kier alpha value is -2.63. The normalized spacial score (nSPS) is 12.3. The van der Waals surface area contributed by atoms with Crippen LogP contribution in [-0.4, -0.2) is 37.2 Å². The quantitative estimate of drug-likeness (QED) is 0.0261. The molecule has 1 atom stereocenters. The van der Waals surface area contributed by atoms with Crippen LogP contribution in [0.4, 0.5) is 0 Å². The van der Waals surface area contributed by atoms with Crippen LogP contribution in [0.25, 0.3) is 0 Å². The summed E-state index contributed by atoms with van der Waals surface area (Å²) in [5.41, 5.74) is 0. The maximum absolute atomic E-state index is 13.0. The van der Waals surface area contributed by atoms with E-state index in [4.69, 9.17) is 14.2 Å². The van der Waals surface area contributed by atoms with Gasteiger partial charge >= 0.3 is 17.9 Å². The number of ether oxygens (including phenoxy) is 3. The fourth-order valence-corrected chi connectivity index (χ4v) is 10.7. The molecule has 0 aromatic heterocycles. The van der Waals surface area contributed by atoms with Gasteiger partial charge in [0.15, 0.2) is 6.10 Å². The summed E-state index contributed by atoms with van der Waals surface area (Å²) in [5.74, 6) is -0.853. The molecule has 0 aromatic carbocycles. The van der Waals surface area contributed by atoms with Gasteiger partial charge in [0, 0.05) is 19.3 Å². The first kappa shape index (κ1) is 77.4. The van der Waals surface area contributed by atoms with Crippen molar-refractivity contribution < 1.29 is 28.6 Å². The summed E-state index contributed by atoms with van der Waals surface area (Å²) in [6.07, 6.45) is 87.0. The second-order valence-corrected chi connectivity index (χ2v) is 24.1. The van der Waals surface area contributed by atoms with Crippen molar-refractivity contribution in [2.45, 2.75) is 393 Å². The number of carbonyl (C=O) groups excluding carboxylic acids is 3. The summed E-state index contributed by atoms with van der Waals surface area (Å²) < 4.78 is 17.0. The first-order chi connectivity index (χ1) is 39.5. The average molecular weight is 1120 g/mol. The lowest BCUT2D eigenvalue weighted by atomic mass is 10.0. The summed E-state index contributed by atoms with van der Waals surface area (Å²) in [4.78, 5) is 38.5. The van der Waals surface area contributed by atoms with Gasteiger partial charge in [-0.3, -0.25) is 14.4 Å². The molecular weight excluding hydrogens is 985 g/mol. The SMILES string of the molecule is CCCCC/C=C\C/C=C\CCCCCCCCCCCC(=O)OCC(COC(=O)CCCCCCCCCCCCCCCCCCCCCCCCCC)OC(=O)CCCCCCCCCCC/C=C\C/C=C\CCCCC. The van der Waals surface area contributed by atoms with E-state index in [2.05, 4.69) is 69.4 Å². The standard InChI is InChI=1S/C74H136O6/c1-4-7-10-13-16-19-22-25-28-31-34-35-36-37-38-41-43-46-49-52-55-58-61-64-67-73(76)79-70-71(80-74(77)68-65-62-59-56-53-50-47-44-40-33-30-27-24-21-18-15-12-9-6-3)69-78-72(75)66-63-60-57-54-51-48-45-42-39-32-29-26-23-20-17-14-11-8-5-2/h17-18,20-21,26-27,29-30,71H,4-16,19,22-25,28,31-70H2,1-3H3/b20-17-,21-18-,29-26-,30-27-. The van der Waals surface area contributed by atoms with Crippen LogP contribution >= 0.6 is 0 Å². The zero-order valence-electron chi connectivity index (χ0n) is 53.9. The number of rotatable bonds is 66. The molecule has 0 heterocycles. The monoisotopic (exact) mass is 1120 g/mol. The van der Waals surface area contributed by atoms with E-state index in [-0.39, 0.29) is 31.1 Å². The molecule has 0 fully saturated rings. The number of esters is 3. The van der Waals surface area contributed by atoms with Crippen molar-refractivity contribution >= 4 is 17.9 Å². The molecule has 6 nitrogen and oxygen atoms in total. The van der Waals surface area contributed by atoms with E-state index < -0.39 is 6.10 Å². The van der Waals surface area contributed by atoms with Crippen LogP contribution in [-0.2, 0) is 28.6 Å². The van der Waals surface area contributed by atoms with Crippen LogP contribution in [0.1, 0.15) is 387 Å². The third kappa shape index (κ3) is 66.2. The molecule has 0 aromatic rings. The molecule has 6 heteroatoms. The Labute approximate surface area is 498 Å². The van der Waals surface area contributed by atoms with Crippen molar-refractivity contribution in [3.05, 3.63) is 48.6 Å². The minimum atomic E-state index is -0.777. The predicted molar refractivity (Wildman–Crippen MR) is 349 cm³/mol. The minimum Gasteiger partial charge on any atom is -0.462 e. The van der Waals surface area contributed by atoms with Crippen molar-refractivity contribution in [1.29, 1.82) is 0 Å².